The summed E-state index contributed by atoms with van der Waals surface area (Å²) in [6, 6.07) is 0. The van der Waals surface area contributed by atoms with Gasteiger partial charge in [0.25, 0.3) is 8.53 Å². The second kappa shape index (κ2) is 5.06. The van der Waals surface area contributed by atoms with Gasteiger partial charge in [-0.15, -0.1) is 0 Å². The molecule has 2 fully saturated rings. The largest absolute Gasteiger partial charge is 0.317 e. The van der Waals surface area contributed by atoms with Crippen LogP contribution in [0, 0.1) is 0 Å². The first-order valence-electron chi connectivity index (χ1n) is 5.24. The highest BCUT2D eigenvalue weighted by atomic mass is 31.2. The van der Waals surface area contributed by atoms with Crippen LogP contribution in [0.1, 0.15) is 32.1 Å². The van der Waals surface area contributed by atoms with Crippen molar-refractivity contribution in [2.45, 2.75) is 32.1 Å². The van der Waals surface area contributed by atoms with Crippen molar-refractivity contribution in [1.29, 1.82) is 0 Å². The maximum atomic E-state index is 11.7. The Kier molecular flexibility index (Phi) is 3.74. The molecule has 0 aromatic heterocycles. The number of hydrogen-bond acceptors (Lipinski definition) is 3. The maximum Gasteiger partial charge on any atom is 0.292 e. The van der Waals surface area contributed by atoms with E-state index in [1.165, 1.54) is 0 Å². The van der Waals surface area contributed by atoms with Gasteiger partial charge in [0.05, 0.1) is 13.2 Å². The van der Waals surface area contributed by atoms with E-state index in [-0.39, 0.29) is 5.91 Å². The lowest BCUT2D eigenvalue weighted by Gasteiger charge is -2.30. The lowest BCUT2D eigenvalue weighted by Crippen LogP contribution is -2.28. The van der Waals surface area contributed by atoms with Crippen molar-refractivity contribution in [3.05, 3.63) is 0 Å². The predicted octanol–water partition coefficient (Wildman–Crippen LogP) is 2.05. The highest BCUT2D eigenvalue weighted by Gasteiger charge is 2.29. The monoisotopic (exact) mass is 217 g/mol. The van der Waals surface area contributed by atoms with E-state index in [9.17, 15) is 4.79 Å². The van der Waals surface area contributed by atoms with Crippen LogP contribution in [-0.2, 0) is 13.8 Å². The van der Waals surface area contributed by atoms with Gasteiger partial charge in [-0.05, 0) is 19.3 Å². The van der Waals surface area contributed by atoms with Gasteiger partial charge in [-0.25, -0.2) is 0 Å². The summed E-state index contributed by atoms with van der Waals surface area (Å²) in [7, 11) is -1.06. The van der Waals surface area contributed by atoms with Crippen molar-refractivity contribution < 1.29 is 13.8 Å². The molecule has 0 aromatic carbocycles. The second-order valence-electron chi connectivity index (χ2n) is 3.59. The van der Waals surface area contributed by atoms with Gasteiger partial charge < -0.3 is 9.05 Å². The van der Waals surface area contributed by atoms with Gasteiger partial charge in [-0.3, -0.25) is 9.46 Å². The van der Waals surface area contributed by atoms with Crippen LogP contribution in [0.5, 0.6) is 0 Å². The summed E-state index contributed by atoms with van der Waals surface area (Å²) in [6.07, 6.45) is 4.84. The molecule has 80 valence electrons. The highest BCUT2D eigenvalue weighted by molar-refractivity contribution is 7.45. The molecule has 0 saturated carbocycles. The first kappa shape index (κ1) is 10.3. The average molecular weight is 217 g/mol. The molecule has 1 amide bonds. The van der Waals surface area contributed by atoms with Crippen LogP contribution in [0.2, 0.25) is 0 Å². The zero-order valence-corrected chi connectivity index (χ0v) is 9.17. The molecule has 0 spiro atoms. The number of rotatable bonds is 1. The quantitative estimate of drug-likeness (QED) is 0.631. The van der Waals surface area contributed by atoms with Crippen LogP contribution in [0.4, 0.5) is 0 Å². The molecule has 0 aliphatic carbocycles. The van der Waals surface area contributed by atoms with E-state index in [1.807, 2.05) is 4.67 Å². The minimum Gasteiger partial charge on any atom is -0.317 e. The molecule has 0 atom stereocenters. The minimum absolute atomic E-state index is 0.204. The Morgan fingerprint density at radius 3 is 2.64 bits per heavy atom. The third-order valence-corrected chi connectivity index (χ3v) is 4.06. The lowest BCUT2D eigenvalue weighted by molar-refractivity contribution is -0.127. The molecule has 5 heteroatoms. The van der Waals surface area contributed by atoms with Crippen LogP contribution in [-0.4, -0.2) is 30.3 Å². The summed E-state index contributed by atoms with van der Waals surface area (Å²) >= 11 is 0. The number of hydrogen-bond donors (Lipinski definition) is 0. The van der Waals surface area contributed by atoms with Crippen molar-refractivity contribution in [1.82, 2.24) is 4.67 Å². The van der Waals surface area contributed by atoms with Crippen molar-refractivity contribution >= 4 is 14.4 Å². The fourth-order valence-corrected chi connectivity index (χ4v) is 3.17. The van der Waals surface area contributed by atoms with Crippen molar-refractivity contribution in [3.8, 4) is 0 Å². The Labute approximate surface area is 85.5 Å². The van der Waals surface area contributed by atoms with Gasteiger partial charge in [-0.1, -0.05) is 6.42 Å². The van der Waals surface area contributed by atoms with Crippen LogP contribution in [0.15, 0.2) is 0 Å². The second-order valence-corrected chi connectivity index (χ2v) is 5.06. The molecule has 2 saturated heterocycles. The molecular weight excluding hydrogens is 201 g/mol. The summed E-state index contributed by atoms with van der Waals surface area (Å²) in [4.78, 5) is 11.7. The zero-order chi connectivity index (χ0) is 9.80. The van der Waals surface area contributed by atoms with E-state index in [0.29, 0.717) is 6.42 Å². The Morgan fingerprint density at radius 2 is 1.86 bits per heavy atom. The molecule has 0 bridgehead atoms. The molecule has 2 heterocycles. The van der Waals surface area contributed by atoms with E-state index >= 15 is 0 Å². The summed E-state index contributed by atoms with van der Waals surface area (Å²) in [6.45, 7) is 2.27. The van der Waals surface area contributed by atoms with Crippen LogP contribution >= 0.6 is 8.53 Å². The first-order valence-corrected chi connectivity index (χ1v) is 6.37. The van der Waals surface area contributed by atoms with Gasteiger partial charge in [0.1, 0.15) is 0 Å². The van der Waals surface area contributed by atoms with Crippen molar-refractivity contribution in [3.63, 3.8) is 0 Å². The molecule has 0 unspecified atom stereocenters. The summed E-state index contributed by atoms with van der Waals surface area (Å²) < 4.78 is 12.8. The topological polar surface area (TPSA) is 38.8 Å². The fourth-order valence-electron chi connectivity index (χ4n) is 1.66. The van der Waals surface area contributed by atoms with Crippen LogP contribution in [0.3, 0.4) is 0 Å². The van der Waals surface area contributed by atoms with Crippen LogP contribution in [0.25, 0.3) is 0 Å². The highest BCUT2D eigenvalue weighted by Crippen LogP contribution is 2.46. The smallest absolute Gasteiger partial charge is 0.292 e. The van der Waals surface area contributed by atoms with Crippen LogP contribution < -0.4 is 0 Å². The van der Waals surface area contributed by atoms with Gasteiger partial charge in [0.2, 0.25) is 5.91 Å². The molecule has 14 heavy (non-hydrogen) atoms. The summed E-state index contributed by atoms with van der Waals surface area (Å²) in [5.41, 5.74) is 0. The predicted molar refractivity (Wildman–Crippen MR) is 53.6 cm³/mol. The number of carbonyl (C=O) groups is 1. The number of nitrogens with zero attached hydrogens (tertiary/aromatic N) is 1. The maximum absolute atomic E-state index is 11.7. The Bertz CT molecular complexity index is 206. The van der Waals surface area contributed by atoms with E-state index < -0.39 is 8.53 Å². The minimum atomic E-state index is -1.06. The fraction of sp³-hybridized carbons (Fsp3) is 0.889. The average Bonchev–Trinajstić information content (AvgIpc) is 2.44. The normalized spacial score (nSPS) is 26.3. The van der Waals surface area contributed by atoms with Gasteiger partial charge in [0.15, 0.2) is 0 Å². The van der Waals surface area contributed by atoms with Gasteiger partial charge in [0, 0.05) is 13.0 Å². The third-order valence-electron chi connectivity index (χ3n) is 2.44. The molecule has 4 nitrogen and oxygen atoms in total. The van der Waals surface area contributed by atoms with Crippen molar-refractivity contribution in [2.24, 2.45) is 0 Å². The molecular formula is C9H16NO3P. The van der Waals surface area contributed by atoms with E-state index in [1.54, 1.807) is 0 Å². The van der Waals surface area contributed by atoms with E-state index in [4.69, 9.17) is 9.05 Å². The standard InChI is InChI=1S/C9H16NO3P/c11-9-5-2-1-3-6-10(9)14-12-7-4-8-13-14/h1-8H2. The molecule has 0 aromatic rings. The molecule has 0 radical (unpaired) electrons. The molecule has 2 rings (SSSR count). The zero-order valence-electron chi connectivity index (χ0n) is 8.28. The van der Waals surface area contributed by atoms with E-state index in [2.05, 4.69) is 0 Å². The van der Waals surface area contributed by atoms with Gasteiger partial charge in [-0.2, -0.15) is 0 Å². The lowest BCUT2D eigenvalue weighted by atomic mass is 10.2. The van der Waals surface area contributed by atoms with Gasteiger partial charge >= 0.3 is 0 Å². The number of amides is 1. The molecule has 0 N–H and O–H groups in total. The first-order chi connectivity index (χ1) is 6.88. The Morgan fingerprint density at radius 1 is 1.07 bits per heavy atom. The van der Waals surface area contributed by atoms with Crippen molar-refractivity contribution in [2.75, 3.05) is 19.8 Å². The molecule has 2 aliphatic heterocycles. The van der Waals surface area contributed by atoms with E-state index in [0.717, 1.165) is 45.4 Å². The Balaban J connectivity index is 1.95. The molecule has 2 aliphatic rings. The summed E-state index contributed by atoms with van der Waals surface area (Å²) in [5.74, 6) is 0.204. The summed E-state index contributed by atoms with van der Waals surface area (Å²) in [5, 5.41) is 0. The third kappa shape index (κ3) is 2.44. The SMILES string of the molecule is O=C1CCCCCN1P1OCCCO1. The number of carbonyl (C=O) groups excluding carboxylic acids is 1. The Hall–Kier alpha value is -0.180.